The Bertz CT molecular complexity index is 282. The van der Waals surface area contributed by atoms with Crippen molar-refractivity contribution in [3.8, 4) is 0 Å². The molecule has 0 aliphatic heterocycles. The second-order valence-electron chi connectivity index (χ2n) is 4.86. The Balaban J connectivity index is 4.02. The fourth-order valence-electron chi connectivity index (χ4n) is 0.943. The van der Waals surface area contributed by atoms with Gasteiger partial charge in [-0.25, -0.2) is 9.59 Å². The first-order valence-corrected chi connectivity index (χ1v) is 5.30. The smallest absolute Gasteiger partial charge is 0.335 e. The maximum Gasteiger partial charge on any atom is 0.335 e. The summed E-state index contributed by atoms with van der Waals surface area (Å²) in [7, 11) is 0. The van der Waals surface area contributed by atoms with Crippen LogP contribution in [0.5, 0.6) is 0 Å². The molecule has 0 heterocycles. The van der Waals surface area contributed by atoms with Crippen LogP contribution in [-0.2, 0) is 19.1 Å². The summed E-state index contributed by atoms with van der Waals surface area (Å²) in [5, 5.41) is 17.3. The zero-order valence-electron chi connectivity index (χ0n) is 10.6. The molecule has 0 aliphatic carbocycles. The summed E-state index contributed by atoms with van der Waals surface area (Å²) >= 11 is 0. The van der Waals surface area contributed by atoms with Gasteiger partial charge in [-0.15, -0.1) is 0 Å². The Kier molecular flexibility index (Phi) is 5.57. The highest BCUT2D eigenvalue weighted by Gasteiger charge is 2.29. The van der Waals surface area contributed by atoms with Crippen molar-refractivity contribution < 1.29 is 29.3 Å². The molecule has 0 saturated carbocycles. The van der Waals surface area contributed by atoms with Crippen LogP contribution in [0.3, 0.4) is 0 Å². The van der Waals surface area contributed by atoms with Crippen molar-refractivity contribution >= 4 is 11.9 Å². The van der Waals surface area contributed by atoms with Gasteiger partial charge in [0.05, 0.1) is 12.2 Å². The number of aliphatic carboxylic acids is 2. The number of hydrogen-bond acceptors (Lipinski definition) is 4. The van der Waals surface area contributed by atoms with Crippen molar-refractivity contribution in [1.29, 1.82) is 0 Å². The van der Waals surface area contributed by atoms with E-state index in [9.17, 15) is 9.59 Å². The minimum absolute atomic E-state index is 0.186. The molecule has 0 aromatic carbocycles. The van der Waals surface area contributed by atoms with E-state index < -0.39 is 23.1 Å². The molecule has 0 aliphatic rings. The SMILES string of the molecule is CC(C)(CCOC(C)(C)C(=O)O)OCC(=O)O. The fourth-order valence-corrected chi connectivity index (χ4v) is 0.943. The zero-order chi connectivity index (χ0) is 13.7. The summed E-state index contributed by atoms with van der Waals surface area (Å²) < 4.78 is 10.3. The highest BCUT2D eigenvalue weighted by molar-refractivity contribution is 5.76. The minimum Gasteiger partial charge on any atom is -0.480 e. The van der Waals surface area contributed by atoms with Crippen molar-refractivity contribution in [3.05, 3.63) is 0 Å². The molecule has 0 unspecified atom stereocenters. The van der Waals surface area contributed by atoms with E-state index in [1.165, 1.54) is 13.8 Å². The van der Waals surface area contributed by atoms with E-state index in [1.807, 2.05) is 0 Å². The highest BCUT2D eigenvalue weighted by Crippen LogP contribution is 2.17. The van der Waals surface area contributed by atoms with Crippen LogP contribution in [0, 0.1) is 0 Å². The van der Waals surface area contributed by atoms with Crippen LogP contribution in [0.15, 0.2) is 0 Å². The van der Waals surface area contributed by atoms with Gasteiger partial charge in [0.15, 0.2) is 5.60 Å². The maximum absolute atomic E-state index is 10.8. The number of carbonyl (C=O) groups is 2. The molecule has 0 rings (SSSR count). The first-order chi connectivity index (χ1) is 7.57. The highest BCUT2D eigenvalue weighted by atomic mass is 16.5. The van der Waals surface area contributed by atoms with Gasteiger partial charge in [0.2, 0.25) is 0 Å². The van der Waals surface area contributed by atoms with Crippen LogP contribution >= 0.6 is 0 Å². The van der Waals surface area contributed by atoms with Crippen LogP contribution in [0.25, 0.3) is 0 Å². The van der Waals surface area contributed by atoms with E-state index >= 15 is 0 Å². The Hall–Kier alpha value is -1.14. The van der Waals surface area contributed by atoms with E-state index in [2.05, 4.69) is 0 Å². The lowest BCUT2D eigenvalue weighted by atomic mass is 10.1. The standard InChI is InChI=1S/C11H20O6/c1-10(2,17-7-8(12)13)5-6-16-11(3,4)9(14)15/h5-7H2,1-4H3,(H,12,13)(H,14,15). The molecule has 0 aromatic rings. The van der Waals surface area contributed by atoms with E-state index in [-0.39, 0.29) is 13.2 Å². The summed E-state index contributed by atoms with van der Waals surface area (Å²) in [5.41, 5.74) is -1.91. The molecule has 0 atom stereocenters. The lowest BCUT2D eigenvalue weighted by Gasteiger charge is -2.27. The quantitative estimate of drug-likeness (QED) is 0.669. The van der Waals surface area contributed by atoms with Gasteiger partial charge in [-0.2, -0.15) is 0 Å². The summed E-state index contributed by atoms with van der Waals surface area (Å²) in [6.45, 7) is 6.18. The van der Waals surface area contributed by atoms with Crippen LogP contribution in [-0.4, -0.2) is 46.6 Å². The Morgan fingerprint density at radius 2 is 1.59 bits per heavy atom. The van der Waals surface area contributed by atoms with Gasteiger partial charge in [0, 0.05) is 0 Å². The first-order valence-electron chi connectivity index (χ1n) is 5.30. The van der Waals surface area contributed by atoms with Crippen molar-refractivity contribution in [2.24, 2.45) is 0 Å². The molecule has 0 radical (unpaired) electrons. The molecule has 2 N–H and O–H groups in total. The third-order valence-electron chi connectivity index (χ3n) is 2.27. The maximum atomic E-state index is 10.8. The minimum atomic E-state index is -1.25. The molecule has 100 valence electrons. The van der Waals surface area contributed by atoms with Gasteiger partial charge in [0.25, 0.3) is 0 Å². The number of carboxylic acid groups (broad SMARTS) is 2. The number of ether oxygens (including phenoxy) is 2. The number of hydrogen-bond donors (Lipinski definition) is 2. The van der Waals surface area contributed by atoms with Crippen molar-refractivity contribution in [2.45, 2.75) is 45.3 Å². The topological polar surface area (TPSA) is 93.1 Å². The first kappa shape index (κ1) is 15.9. The van der Waals surface area contributed by atoms with Crippen molar-refractivity contribution in [2.75, 3.05) is 13.2 Å². The number of carboxylic acids is 2. The van der Waals surface area contributed by atoms with Crippen LogP contribution in [0.4, 0.5) is 0 Å². The van der Waals surface area contributed by atoms with Gasteiger partial charge < -0.3 is 19.7 Å². The van der Waals surface area contributed by atoms with Crippen molar-refractivity contribution in [1.82, 2.24) is 0 Å². The monoisotopic (exact) mass is 248 g/mol. The third-order valence-corrected chi connectivity index (χ3v) is 2.27. The van der Waals surface area contributed by atoms with E-state index in [0.29, 0.717) is 6.42 Å². The lowest BCUT2D eigenvalue weighted by molar-refractivity contribution is -0.164. The van der Waals surface area contributed by atoms with Gasteiger partial charge in [-0.05, 0) is 34.1 Å². The van der Waals surface area contributed by atoms with Gasteiger partial charge in [-0.3, -0.25) is 0 Å². The molecular weight excluding hydrogens is 228 g/mol. The Morgan fingerprint density at radius 1 is 1.06 bits per heavy atom. The average Bonchev–Trinajstić information content (AvgIpc) is 2.14. The fraction of sp³-hybridized carbons (Fsp3) is 0.818. The predicted octanol–water partition coefficient (Wildman–Crippen LogP) is 1.14. The second kappa shape index (κ2) is 5.97. The van der Waals surface area contributed by atoms with Crippen molar-refractivity contribution in [3.63, 3.8) is 0 Å². The molecular formula is C11H20O6. The number of rotatable bonds is 8. The zero-order valence-corrected chi connectivity index (χ0v) is 10.6. The molecule has 17 heavy (non-hydrogen) atoms. The van der Waals surface area contributed by atoms with Gasteiger partial charge in [-0.1, -0.05) is 0 Å². The largest absolute Gasteiger partial charge is 0.480 e. The average molecular weight is 248 g/mol. The second-order valence-corrected chi connectivity index (χ2v) is 4.86. The molecule has 0 aromatic heterocycles. The van der Waals surface area contributed by atoms with Gasteiger partial charge >= 0.3 is 11.9 Å². The summed E-state index contributed by atoms with van der Waals surface area (Å²) in [4.78, 5) is 21.1. The third kappa shape index (κ3) is 6.91. The molecule has 0 fully saturated rings. The molecule has 6 nitrogen and oxygen atoms in total. The summed E-state index contributed by atoms with van der Waals surface area (Å²) in [6, 6.07) is 0. The Labute approximate surface area is 101 Å². The molecule has 6 heteroatoms. The van der Waals surface area contributed by atoms with Crippen LogP contribution < -0.4 is 0 Å². The lowest BCUT2D eigenvalue weighted by Crippen LogP contribution is -2.37. The summed E-state index contributed by atoms with van der Waals surface area (Å²) in [5.74, 6) is -2.08. The molecule has 0 saturated heterocycles. The molecule has 0 amide bonds. The van der Waals surface area contributed by atoms with E-state index in [4.69, 9.17) is 19.7 Å². The predicted molar refractivity (Wildman–Crippen MR) is 60.0 cm³/mol. The van der Waals surface area contributed by atoms with Crippen LogP contribution in [0.1, 0.15) is 34.1 Å². The van der Waals surface area contributed by atoms with E-state index in [1.54, 1.807) is 13.8 Å². The normalized spacial score (nSPS) is 12.5. The molecule has 0 spiro atoms. The van der Waals surface area contributed by atoms with Gasteiger partial charge in [0.1, 0.15) is 6.61 Å². The van der Waals surface area contributed by atoms with E-state index in [0.717, 1.165) is 0 Å². The molecule has 0 bridgehead atoms. The summed E-state index contributed by atoms with van der Waals surface area (Å²) in [6.07, 6.45) is 0.414. The van der Waals surface area contributed by atoms with Crippen LogP contribution in [0.2, 0.25) is 0 Å². The Morgan fingerprint density at radius 3 is 2.00 bits per heavy atom.